The standard InChI is InChI=1S/C20H17F2N3O2S/c1-12-2-4-13(5-3-12)17-11-28-20(24-17)25-18(26)8-9-23-19(27)15-7-6-14(21)10-16(15)22/h2-7,10-11H,8-9H2,1H3,(H,23,27)(H,24,25,26). The van der Waals surface area contributed by atoms with E-state index in [1.165, 1.54) is 11.3 Å². The fourth-order valence-corrected chi connectivity index (χ4v) is 3.16. The van der Waals surface area contributed by atoms with Crippen molar-refractivity contribution < 1.29 is 18.4 Å². The summed E-state index contributed by atoms with van der Waals surface area (Å²) in [6.07, 6.45) is -0.00595. The van der Waals surface area contributed by atoms with Crippen LogP contribution < -0.4 is 10.6 Å². The molecule has 0 bridgehead atoms. The zero-order valence-corrected chi connectivity index (χ0v) is 15.8. The Morgan fingerprint density at radius 1 is 1.11 bits per heavy atom. The lowest BCUT2D eigenvalue weighted by molar-refractivity contribution is -0.116. The Bertz CT molecular complexity index is 1000. The summed E-state index contributed by atoms with van der Waals surface area (Å²) in [5, 5.41) is 7.40. The smallest absolute Gasteiger partial charge is 0.254 e. The summed E-state index contributed by atoms with van der Waals surface area (Å²) < 4.78 is 26.4. The lowest BCUT2D eigenvalue weighted by Crippen LogP contribution is -2.28. The predicted octanol–water partition coefficient (Wildman–Crippen LogP) is 4.16. The minimum absolute atomic E-state index is 0.00595. The molecule has 0 saturated carbocycles. The van der Waals surface area contributed by atoms with Crippen LogP contribution in [-0.2, 0) is 4.79 Å². The Morgan fingerprint density at radius 3 is 2.57 bits per heavy atom. The Hall–Kier alpha value is -3.13. The maximum absolute atomic E-state index is 13.6. The van der Waals surface area contributed by atoms with Crippen LogP contribution in [0.25, 0.3) is 11.3 Å². The predicted molar refractivity (Wildman–Crippen MR) is 104 cm³/mol. The molecule has 5 nitrogen and oxygen atoms in total. The van der Waals surface area contributed by atoms with Crippen LogP contribution in [0.5, 0.6) is 0 Å². The van der Waals surface area contributed by atoms with Crippen molar-refractivity contribution >= 4 is 28.3 Å². The quantitative estimate of drug-likeness (QED) is 0.652. The van der Waals surface area contributed by atoms with Gasteiger partial charge in [-0.3, -0.25) is 9.59 Å². The van der Waals surface area contributed by atoms with Crippen molar-refractivity contribution in [3.63, 3.8) is 0 Å². The Morgan fingerprint density at radius 2 is 1.86 bits per heavy atom. The molecule has 0 spiro atoms. The lowest BCUT2D eigenvalue weighted by atomic mass is 10.1. The van der Waals surface area contributed by atoms with Gasteiger partial charge in [-0.2, -0.15) is 0 Å². The molecule has 144 valence electrons. The number of aryl methyl sites for hydroxylation is 1. The molecule has 0 aliphatic heterocycles. The molecule has 1 aromatic heterocycles. The number of hydrogen-bond acceptors (Lipinski definition) is 4. The van der Waals surface area contributed by atoms with Crippen LogP contribution >= 0.6 is 11.3 Å². The third kappa shape index (κ3) is 4.98. The van der Waals surface area contributed by atoms with Gasteiger partial charge in [0.05, 0.1) is 11.3 Å². The molecule has 0 aliphatic carbocycles. The van der Waals surface area contributed by atoms with Gasteiger partial charge in [-0.1, -0.05) is 29.8 Å². The largest absolute Gasteiger partial charge is 0.351 e. The van der Waals surface area contributed by atoms with E-state index < -0.39 is 17.5 Å². The first-order chi connectivity index (χ1) is 13.4. The van der Waals surface area contributed by atoms with Crippen LogP contribution in [0.4, 0.5) is 13.9 Å². The molecule has 1 heterocycles. The number of anilines is 1. The van der Waals surface area contributed by atoms with Crippen molar-refractivity contribution in [1.82, 2.24) is 10.3 Å². The van der Waals surface area contributed by atoms with Crippen LogP contribution in [0.1, 0.15) is 22.3 Å². The second-order valence-electron chi connectivity index (χ2n) is 6.08. The van der Waals surface area contributed by atoms with Gasteiger partial charge < -0.3 is 10.6 Å². The molecule has 2 N–H and O–H groups in total. The monoisotopic (exact) mass is 401 g/mol. The first-order valence-corrected chi connectivity index (χ1v) is 9.36. The zero-order chi connectivity index (χ0) is 20.1. The molecule has 3 rings (SSSR count). The molecule has 3 aromatic rings. The minimum atomic E-state index is -0.951. The number of thiazole rings is 1. The molecule has 0 fully saturated rings. The summed E-state index contributed by atoms with van der Waals surface area (Å²) in [5.74, 6) is -2.75. The first-order valence-electron chi connectivity index (χ1n) is 8.48. The van der Waals surface area contributed by atoms with Crippen LogP contribution in [0.2, 0.25) is 0 Å². The molecule has 2 amide bonds. The molecule has 28 heavy (non-hydrogen) atoms. The highest BCUT2D eigenvalue weighted by molar-refractivity contribution is 7.14. The number of halogens is 2. The van der Waals surface area contributed by atoms with E-state index in [9.17, 15) is 18.4 Å². The number of carbonyl (C=O) groups is 2. The summed E-state index contributed by atoms with van der Waals surface area (Å²) in [4.78, 5) is 28.3. The first kappa shape index (κ1) is 19.6. The number of nitrogens with zero attached hydrogens (tertiary/aromatic N) is 1. The zero-order valence-electron chi connectivity index (χ0n) is 15.0. The number of benzene rings is 2. The van der Waals surface area contributed by atoms with Crippen LogP contribution in [0.3, 0.4) is 0 Å². The fraction of sp³-hybridized carbons (Fsp3) is 0.150. The van der Waals surface area contributed by atoms with Gasteiger partial charge in [0, 0.05) is 30.0 Å². The van der Waals surface area contributed by atoms with E-state index in [-0.39, 0.29) is 24.4 Å². The van der Waals surface area contributed by atoms with Crippen molar-refractivity contribution in [2.75, 3.05) is 11.9 Å². The van der Waals surface area contributed by atoms with E-state index in [4.69, 9.17) is 0 Å². The molecule has 0 unspecified atom stereocenters. The third-order valence-corrected chi connectivity index (χ3v) is 4.67. The summed E-state index contributed by atoms with van der Waals surface area (Å²) in [5.41, 5.74) is 2.59. The highest BCUT2D eigenvalue weighted by Gasteiger charge is 2.13. The Kier molecular flexibility index (Phi) is 6.10. The molecule has 0 radical (unpaired) electrons. The number of rotatable bonds is 6. The van der Waals surface area contributed by atoms with E-state index in [2.05, 4.69) is 15.6 Å². The van der Waals surface area contributed by atoms with Crippen molar-refractivity contribution in [2.24, 2.45) is 0 Å². The SMILES string of the molecule is Cc1ccc(-c2csc(NC(=O)CCNC(=O)c3ccc(F)cc3F)n2)cc1. The van der Waals surface area contributed by atoms with Crippen molar-refractivity contribution in [3.05, 3.63) is 70.6 Å². The summed E-state index contributed by atoms with van der Waals surface area (Å²) in [6, 6.07) is 10.6. The molecular weight excluding hydrogens is 384 g/mol. The Balaban J connectivity index is 1.49. The summed E-state index contributed by atoms with van der Waals surface area (Å²) >= 11 is 1.30. The minimum Gasteiger partial charge on any atom is -0.351 e. The van der Waals surface area contributed by atoms with E-state index >= 15 is 0 Å². The van der Waals surface area contributed by atoms with Gasteiger partial charge in [0.15, 0.2) is 5.13 Å². The number of aromatic nitrogens is 1. The van der Waals surface area contributed by atoms with Crippen molar-refractivity contribution in [3.8, 4) is 11.3 Å². The number of carbonyl (C=O) groups excluding carboxylic acids is 2. The molecular formula is C20H17F2N3O2S. The average molecular weight is 401 g/mol. The van der Waals surface area contributed by atoms with E-state index in [0.29, 0.717) is 11.2 Å². The highest BCUT2D eigenvalue weighted by Crippen LogP contribution is 2.25. The Labute approximate surface area is 164 Å². The van der Waals surface area contributed by atoms with Gasteiger partial charge in [0.25, 0.3) is 5.91 Å². The van der Waals surface area contributed by atoms with Crippen LogP contribution in [-0.4, -0.2) is 23.3 Å². The second kappa shape index (κ2) is 8.71. The maximum Gasteiger partial charge on any atom is 0.254 e. The number of hydrogen-bond donors (Lipinski definition) is 2. The number of nitrogens with one attached hydrogen (secondary N) is 2. The highest BCUT2D eigenvalue weighted by atomic mass is 32.1. The average Bonchev–Trinajstić information content (AvgIpc) is 3.10. The van der Waals surface area contributed by atoms with Gasteiger partial charge in [0.2, 0.25) is 5.91 Å². The molecule has 0 saturated heterocycles. The van der Waals surface area contributed by atoms with Crippen LogP contribution in [0.15, 0.2) is 47.8 Å². The second-order valence-corrected chi connectivity index (χ2v) is 6.94. The summed E-state index contributed by atoms with van der Waals surface area (Å²) in [6.45, 7) is 2.01. The van der Waals surface area contributed by atoms with E-state index in [1.807, 2.05) is 36.6 Å². The summed E-state index contributed by atoms with van der Waals surface area (Å²) in [7, 11) is 0. The molecule has 0 atom stereocenters. The van der Waals surface area contributed by atoms with Crippen molar-refractivity contribution in [2.45, 2.75) is 13.3 Å². The fourth-order valence-electron chi connectivity index (χ4n) is 2.43. The topological polar surface area (TPSA) is 71.1 Å². The van der Waals surface area contributed by atoms with E-state index in [0.717, 1.165) is 29.0 Å². The van der Waals surface area contributed by atoms with Crippen molar-refractivity contribution in [1.29, 1.82) is 0 Å². The maximum atomic E-state index is 13.6. The molecule has 2 aromatic carbocycles. The van der Waals surface area contributed by atoms with E-state index in [1.54, 1.807) is 0 Å². The van der Waals surface area contributed by atoms with Crippen LogP contribution in [0, 0.1) is 18.6 Å². The van der Waals surface area contributed by atoms with Gasteiger partial charge in [-0.15, -0.1) is 11.3 Å². The third-order valence-electron chi connectivity index (χ3n) is 3.91. The lowest BCUT2D eigenvalue weighted by Gasteiger charge is -2.06. The normalized spacial score (nSPS) is 10.5. The number of amides is 2. The van der Waals surface area contributed by atoms with Gasteiger partial charge in [-0.25, -0.2) is 13.8 Å². The van der Waals surface area contributed by atoms with Gasteiger partial charge in [0.1, 0.15) is 11.6 Å². The van der Waals surface area contributed by atoms with Gasteiger partial charge >= 0.3 is 0 Å². The molecule has 0 aliphatic rings. The molecule has 8 heteroatoms. The van der Waals surface area contributed by atoms with Gasteiger partial charge in [-0.05, 0) is 19.1 Å².